The summed E-state index contributed by atoms with van der Waals surface area (Å²) in [5.41, 5.74) is 3.29. The normalized spacial score (nSPS) is 11.5. The maximum Gasteiger partial charge on any atom is 0.135 e. The van der Waals surface area contributed by atoms with Gasteiger partial charge in [0.15, 0.2) is 0 Å². The molecule has 4 aromatic carbocycles. The van der Waals surface area contributed by atoms with E-state index in [9.17, 15) is 0 Å². The van der Waals surface area contributed by atoms with Gasteiger partial charge in [-0.05, 0) is 39.2 Å². The number of hydrogen-bond acceptors (Lipinski definition) is 1. The number of furan rings is 1. The molecule has 1 heteroatoms. The largest absolute Gasteiger partial charge is 0.464 e. The van der Waals surface area contributed by atoms with Crippen molar-refractivity contribution in [1.82, 2.24) is 0 Å². The number of hydrogen-bond donors (Lipinski definition) is 0. The van der Waals surface area contributed by atoms with Gasteiger partial charge in [0.2, 0.25) is 0 Å². The molecule has 0 bridgehead atoms. The van der Waals surface area contributed by atoms with E-state index in [1.165, 1.54) is 32.5 Å². The highest BCUT2D eigenvalue weighted by Gasteiger charge is 2.11. The molecular formula is C22H14O. The van der Waals surface area contributed by atoms with Crippen LogP contribution in [-0.4, -0.2) is 0 Å². The summed E-state index contributed by atoms with van der Waals surface area (Å²) >= 11 is 0. The second-order valence-corrected chi connectivity index (χ2v) is 5.87. The summed E-state index contributed by atoms with van der Waals surface area (Å²) < 4.78 is 5.82. The SMILES string of the molecule is c1ccc2cc(-c3coc4ccc5ccccc5c34)ccc2c1. The van der Waals surface area contributed by atoms with Crippen LogP contribution in [0.1, 0.15) is 0 Å². The summed E-state index contributed by atoms with van der Waals surface area (Å²) in [6.07, 6.45) is 1.88. The fraction of sp³-hybridized carbons (Fsp3) is 0. The molecule has 0 aliphatic rings. The average molecular weight is 294 g/mol. The molecule has 0 aliphatic carbocycles. The maximum atomic E-state index is 5.82. The molecule has 5 aromatic rings. The Labute approximate surface area is 133 Å². The molecule has 0 fully saturated rings. The van der Waals surface area contributed by atoms with Gasteiger partial charge in [-0.1, -0.05) is 66.7 Å². The highest BCUT2D eigenvalue weighted by atomic mass is 16.3. The van der Waals surface area contributed by atoms with Gasteiger partial charge in [0.05, 0.1) is 6.26 Å². The van der Waals surface area contributed by atoms with E-state index in [0.717, 1.165) is 11.1 Å². The molecule has 0 N–H and O–H groups in total. The van der Waals surface area contributed by atoms with E-state index in [4.69, 9.17) is 4.42 Å². The molecular weight excluding hydrogens is 280 g/mol. The number of fused-ring (bicyclic) bond motifs is 4. The van der Waals surface area contributed by atoms with E-state index in [0.29, 0.717) is 0 Å². The van der Waals surface area contributed by atoms with Crippen molar-refractivity contribution < 1.29 is 4.42 Å². The first kappa shape index (κ1) is 12.5. The Hall–Kier alpha value is -3.06. The van der Waals surface area contributed by atoms with Crippen LogP contribution in [0.25, 0.3) is 43.6 Å². The molecule has 23 heavy (non-hydrogen) atoms. The molecule has 5 rings (SSSR count). The molecule has 0 atom stereocenters. The van der Waals surface area contributed by atoms with Crippen molar-refractivity contribution in [3.05, 3.63) is 85.1 Å². The first-order chi connectivity index (χ1) is 11.4. The van der Waals surface area contributed by atoms with Crippen LogP contribution < -0.4 is 0 Å². The molecule has 0 saturated heterocycles. The second kappa shape index (κ2) is 4.72. The van der Waals surface area contributed by atoms with E-state index in [-0.39, 0.29) is 0 Å². The van der Waals surface area contributed by atoms with Crippen molar-refractivity contribution in [3.63, 3.8) is 0 Å². The van der Waals surface area contributed by atoms with Crippen LogP contribution in [-0.2, 0) is 0 Å². The van der Waals surface area contributed by atoms with E-state index in [1.54, 1.807) is 0 Å². The molecule has 0 spiro atoms. The van der Waals surface area contributed by atoms with Crippen LogP contribution in [0.3, 0.4) is 0 Å². The molecule has 1 aromatic heterocycles. The Kier molecular flexibility index (Phi) is 2.56. The molecule has 1 nitrogen and oxygen atoms in total. The van der Waals surface area contributed by atoms with Gasteiger partial charge in [0.25, 0.3) is 0 Å². The molecule has 0 aliphatic heterocycles. The second-order valence-electron chi connectivity index (χ2n) is 5.87. The Bertz CT molecular complexity index is 1160. The first-order valence-corrected chi connectivity index (χ1v) is 7.78. The lowest BCUT2D eigenvalue weighted by atomic mass is 9.97. The fourth-order valence-electron chi connectivity index (χ4n) is 3.38. The van der Waals surface area contributed by atoms with Gasteiger partial charge < -0.3 is 4.42 Å². The quantitative estimate of drug-likeness (QED) is 0.348. The molecule has 0 unspecified atom stereocenters. The first-order valence-electron chi connectivity index (χ1n) is 7.78. The molecule has 0 amide bonds. The standard InChI is InChI=1S/C22H14O/c1-2-7-17-13-18(10-9-15(17)5-1)20-14-23-21-12-11-16-6-3-4-8-19(16)22(20)21/h1-14H. The monoisotopic (exact) mass is 294 g/mol. The van der Waals surface area contributed by atoms with Gasteiger partial charge in [0, 0.05) is 10.9 Å². The van der Waals surface area contributed by atoms with Crippen molar-refractivity contribution >= 4 is 32.5 Å². The van der Waals surface area contributed by atoms with E-state index in [2.05, 4.69) is 78.9 Å². The van der Waals surface area contributed by atoms with Crippen molar-refractivity contribution in [1.29, 1.82) is 0 Å². The zero-order valence-corrected chi connectivity index (χ0v) is 12.5. The van der Waals surface area contributed by atoms with Crippen LogP contribution in [0, 0.1) is 0 Å². The highest BCUT2D eigenvalue weighted by Crippen LogP contribution is 2.36. The molecule has 108 valence electrons. The Morgan fingerprint density at radius 3 is 2.26 bits per heavy atom. The number of benzene rings is 4. The topological polar surface area (TPSA) is 13.1 Å². The van der Waals surface area contributed by atoms with Gasteiger partial charge in [-0.15, -0.1) is 0 Å². The van der Waals surface area contributed by atoms with E-state index >= 15 is 0 Å². The summed E-state index contributed by atoms with van der Waals surface area (Å²) in [5.74, 6) is 0. The summed E-state index contributed by atoms with van der Waals surface area (Å²) in [6, 6.07) is 27.7. The van der Waals surface area contributed by atoms with Gasteiger partial charge in [-0.25, -0.2) is 0 Å². The lowest BCUT2D eigenvalue weighted by Crippen LogP contribution is -1.79. The summed E-state index contributed by atoms with van der Waals surface area (Å²) in [6.45, 7) is 0. The predicted octanol–water partition coefficient (Wildman–Crippen LogP) is 6.41. The van der Waals surface area contributed by atoms with Crippen LogP contribution in [0.4, 0.5) is 0 Å². The molecule has 0 saturated carbocycles. The smallest absolute Gasteiger partial charge is 0.135 e. The number of rotatable bonds is 1. The van der Waals surface area contributed by atoms with Crippen LogP contribution in [0.2, 0.25) is 0 Å². The van der Waals surface area contributed by atoms with Gasteiger partial charge in [-0.3, -0.25) is 0 Å². The highest BCUT2D eigenvalue weighted by molar-refractivity contribution is 6.13. The minimum absolute atomic E-state index is 0.937. The third-order valence-corrected chi connectivity index (χ3v) is 4.52. The van der Waals surface area contributed by atoms with Crippen molar-refractivity contribution in [2.75, 3.05) is 0 Å². The molecule has 1 heterocycles. The van der Waals surface area contributed by atoms with Gasteiger partial charge >= 0.3 is 0 Å². The minimum Gasteiger partial charge on any atom is -0.464 e. The van der Waals surface area contributed by atoms with E-state index < -0.39 is 0 Å². The van der Waals surface area contributed by atoms with Crippen LogP contribution in [0.15, 0.2) is 89.5 Å². The van der Waals surface area contributed by atoms with Crippen molar-refractivity contribution in [2.24, 2.45) is 0 Å². The van der Waals surface area contributed by atoms with Crippen LogP contribution in [0.5, 0.6) is 0 Å². The Balaban J connectivity index is 1.86. The molecule has 0 radical (unpaired) electrons. The summed E-state index contributed by atoms with van der Waals surface area (Å²) in [4.78, 5) is 0. The summed E-state index contributed by atoms with van der Waals surface area (Å²) in [5, 5.41) is 6.18. The lowest BCUT2D eigenvalue weighted by molar-refractivity contribution is 0.617. The minimum atomic E-state index is 0.937. The van der Waals surface area contributed by atoms with Crippen LogP contribution >= 0.6 is 0 Å². The maximum absolute atomic E-state index is 5.82. The third-order valence-electron chi connectivity index (χ3n) is 4.52. The zero-order valence-electron chi connectivity index (χ0n) is 12.5. The predicted molar refractivity (Wildman–Crippen MR) is 96.7 cm³/mol. The zero-order chi connectivity index (χ0) is 15.2. The fourth-order valence-corrected chi connectivity index (χ4v) is 3.38. The van der Waals surface area contributed by atoms with Gasteiger partial charge in [0.1, 0.15) is 5.58 Å². The van der Waals surface area contributed by atoms with Gasteiger partial charge in [-0.2, -0.15) is 0 Å². The average Bonchev–Trinajstić information content (AvgIpc) is 3.06. The third kappa shape index (κ3) is 1.87. The summed E-state index contributed by atoms with van der Waals surface area (Å²) in [7, 11) is 0. The Morgan fingerprint density at radius 1 is 0.609 bits per heavy atom. The lowest BCUT2D eigenvalue weighted by Gasteiger charge is -2.04. The van der Waals surface area contributed by atoms with Crippen molar-refractivity contribution in [2.45, 2.75) is 0 Å². The van der Waals surface area contributed by atoms with Crippen molar-refractivity contribution in [3.8, 4) is 11.1 Å². The Morgan fingerprint density at radius 2 is 1.35 bits per heavy atom. The van der Waals surface area contributed by atoms with E-state index in [1.807, 2.05) is 6.26 Å².